The molecule has 134 valence electrons. The van der Waals surface area contributed by atoms with Crippen LogP contribution in [0.4, 0.5) is 5.69 Å². The third-order valence-corrected chi connectivity index (χ3v) is 6.17. The van der Waals surface area contributed by atoms with Crippen LogP contribution in [0, 0.1) is 0 Å². The molecule has 1 aromatic heterocycles. The maximum absolute atomic E-state index is 12.9. The van der Waals surface area contributed by atoms with Gasteiger partial charge in [-0.2, -0.15) is 0 Å². The van der Waals surface area contributed by atoms with Gasteiger partial charge in [-0.25, -0.2) is 8.42 Å². The first-order chi connectivity index (χ1) is 12.9. The molecule has 1 N–H and O–H groups in total. The van der Waals surface area contributed by atoms with E-state index in [4.69, 9.17) is 11.6 Å². The quantitative estimate of drug-likeness (QED) is 0.677. The third kappa shape index (κ3) is 3.25. The molecule has 0 bridgehead atoms. The predicted octanol–water partition coefficient (Wildman–Crippen LogP) is 4.06. The number of rotatable bonds is 3. The minimum absolute atomic E-state index is 0.0945. The molecule has 2 aromatic carbocycles. The minimum Gasteiger partial charge on any atom is -0.321 e. The summed E-state index contributed by atoms with van der Waals surface area (Å²) in [6.07, 6.45) is 4.95. The van der Waals surface area contributed by atoms with Gasteiger partial charge in [0.2, 0.25) is 9.84 Å². The van der Waals surface area contributed by atoms with E-state index in [-0.39, 0.29) is 15.7 Å². The summed E-state index contributed by atoms with van der Waals surface area (Å²) < 4.78 is 25.9. The molecule has 0 unspecified atom stereocenters. The number of aromatic nitrogens is 1. The Bertz CT molecular complexity index is 1190. The van der Waals surface area contributed by atoms with Crippen molar-refractivity contribution in [3.05, 3.63) is 83.1 Å². The van der Waals surface area contributed by atoms with Gasteiger partial charge in [-0.15, -0.1) is 0 Å². The van der Waals surface area contributed by atoms with Crippen LogP contribution in [0.2, 0.25) is 5.02 Å². The number of sulfone groups is 1. The fourth-order valence-electron chi connectivity index (χ4n) is 2.88. The van der Waals surface area contributed by atoms with E-state index in [1.807, 2.05) is 6.07 Å². The number of halogens is 1. The zero-order valence-corrected chi connectivity index (χ0v) is 15.5. The van der Waals surface area contributed by atoms with Crippen LogP contribution in [0.25, 0.3) is 11.6 Å². The first-order valence-electron chi connectivity index (χ1n) is 8.03. The molecule has 2 heterocycles. The lowest BCUT2D eigenvalue weighted by atomic mass is 10.0. The van der Waals surface area contributed by atoms with Gasteiger partial charge in [-0.1, -0.05) is 23.7 Å². The van der Waals surface area contributed by atoms with Gasteiger partial charge in [0.25, 0.3) is 5.91 Å². The van der Waals surface area contributed by atoms with Crippen molar-refractivity contribution in [3.63, 3.8) is 0 Å². The number of anilines is 1. The van der Waals surface area contributed by atoms with Crippen molar-refractivity contribution in [2.75, 3.05) is 5.32 Å². The van der Waals surface area contributed by atoms with Crippen LogP contribution in [0.5, 0.6) is 0 Å². The number of amides is 1. The molecular weight excluding hydrogens is 384 g/mol. The zero-order chi connectivity index (χ0) is 19.0. The Balaban J connectivity index is 1.82. The molecule has 0 spiro atoms. The number of carbonyl (C=O) groups excluding carboxylic acids is 1. The highest BCUT2D eigenvalue weighted by Crippen LogP contribution is 2.36. The van der Waals surface area contributed by atoms with E-state index in [9.17, 15) is 13.2 Å². The van der Waals surface area contributed by atoms with E-state index in [0.717, 1.165) is 5.56 Å². The van der Waals surface area contributed by atoms with Crippen molar-refractivity contribution in [1.29, 1.82) is 0 Å². The summed E-state index contributed by atoms with van der Waals surface area (Å²) in [6, 6.07) is 14.2. The number of hydrogen-bond donors (Lipinski definition) is 1. The number of fused-ring (bicyclic) bond motifs is 1. The van der Waals surface area contributed by atoms with Gasteiger partial charge in [-0.3, -0.25) is 9.78 Å². The fraction of sp³-hybridized carbons (Fsp3) is 0. The lowest BCUT2D eigenvalue weighted by Gasteiger charge is -2.07. The van der Waals surface area contributed by atoms with E-state index in [2.05, 4.69) is 10.3 Å². The van der Waals surface area contributed by atoms with Gasteiger partial charge < -0.3 is 5.32 Å². The molecule has 0 atom stereocenters. The average Bonchev–Trinajstić information content (AvgIpc) is 2.97. The highest BCUT2D eigenvalue weighted by Gasteiger charge is 2.27. The Hall–Kier alpha value is -2.96. The molecule has 4 rings (SSSR count). The number of carbonyl (C=O) groups is 1. The topological polar surface area (TPSA) is 76.1 Å². The Morgan fingerprint density at radius 2 is 1.81 bits per heavy atom. The Labute approximate surface area is 161 Å². The third-order valence-electron chi connectivity index (χ3n) is 4.19. The van der Waals surface area contributed by atoms with Gasteiger partial charge in [0, 0.05) is 34.2 Å². The summed E-state index contributed by atoms with van der Waals surface area (Å²) in [5.74, 6) is -0.286. The van der Waals surface area contributed by atoms with Gasteiger partial charge in [0.1, 0.15) is 0 Å². The molecule has 0 saturated heterocycles. The molecule has 7 heteroatoms. The summed E-state index contributed by atoms with van der Waals surface area (Å²) >= 11 is 5.93. The van der Waals surface area contributed by atoms with Crippen LogP contribution in [0.3, 0.4) is 0 Å². The maximum Gasteiger partial charge on any atom is 0.256 e. The van der Waals surface area contributed by atoms with Gasteiger partial charge in [0.05, 0.1) is 9.79 Å². The Morgan fingerprint density at radius 3 is 2.56 bits per heavy atom. The SMILES string of the molecule is O=C1Nc2ccc(S(=O)(=O)c3cccc(Cl)c3)cc2/C1=C/c1cccnc1. The molecule has 5 nitrogen and oxygen atoms in total. The van der Waals surface area contributed by atoms with E-state index in [1.54, 1.807) is 42.7 Å². The van der Waals surface area contributed by atoms with Gasteiger partial charge in [0.15, 0.2) is 0 Å². The average molecular weight is 397 g/mol. The van der Waals surface area contributed by atoms with Crippen LogP contribution in [-0.4, -0.2) is 19.3 Å². The molecule has 27 heavy (non-hydrogen) atoms. The summed E-state index contributed by atoms with van der Waals surface area (Å²) in [5.41, 5.74) is 2.24. The molecule has 0 saturated carbocycles. The highest BCUT2D eigenvalue weighted by atomic mass is 35.5. The van der Waals surface area contributed by atoms with Crippen molar-refractivity contribution in [2.45, 2.75) is 9.79 Å². The van der Waals surface area contributed by atoms with E-state index < -0.39 is 9.84 Å². The normalized spacial score (nSPS) is 14.9. The van der Waals surface area contributed by atoms with Crippen molar-refractivity contribution in [1.82, 2.24) is 4.98 Å². The molecule has 0 fully saturated rings. The predicted molar refractivity (Wildman–Crippen MR) is 104 cm³/mol. The molecule has 0 aliphatic carbocycles. The van der Waals surface area contributed by atoms with Crippen LogP contribution in [0.1, 0.15) is 11.1 Å². The van der Waals surface area contributed by atoms with Crippen molar-refractivity contribution >= 4 is 44.7 Å². The smallest absolute Gasteiger partial charge is 0.256 e. The number of benzene rings is 2. The number of pyridine rings is 1. The molecule has 3 aromatic rings. The molecule has 0 radical (unpaired) electrons. The Kier molecular flexibility index (Phi) is 4.30. The summed E-state index contributed by atoms with van der Waals surface area (Å²) in [6.45, 7) is 0. The largest absolute Gasteiger partial charge is 0.321 e. The van der Waals surface area contributed by atoms with Gasteiger partial charge in [-0.05, 0) is 54.1 Å². The number of nitrogens with zero attached hydrogens (tertiary/aromatic N) is 1. The fourth-order valence-corrected chi connectivity index (χ4v) is 4.46. The van der Waals surface area contributed by atoms with Crippen LogP contribution in [-0.2, 0) is 14.6 Å². The first-order valence-corrected chi connectivity index (χ1v) is 9.89. The summed E-state index contributed by atoms with van der Waals surface area (Å²) in [5, 5.41) is 3.09. The van der Waals surface area contributed by atoms with E-state index in [0.29, 0.717) is 21.8 Å². The van der Waals surface area contributed by atoms with Crippen LogP contribution >= 0.6 is 11.6 Å². The van der Waals surface area contributed by atoms with Crippen LogP contribution in [0.15, 0.2) is 76.8 Å². The highest BCUT2D eigenvalue weighted by molar-refractivity contribution is 7.91. The minimum atomic E-state index is -3.76. The molecular formula is C20H13ClN2O3S. The van der Waals surface area contributed by atoms with Gasteiger partial charge >= 0.3 is 0 Å². The van der Waals surface area contributed by atoms with Crippen molar-refractivity contribution in [2.24, 2.45) is 0 Å². The molecule has 1 amide bonds. The molecule has 1 aliphatic heterocycles. The van der Waals surface area contributed by atoms with Crippen molar-refractivity contribution in [3.8, 4) is 0 Å². The lowest BCUT2D eigenvalue weighted by molar-refractivity contribution is -0.110. The molecule has 1 aliphatic rings. The Morgan fingerprint density at radius 1 is 1.00 bits per heavy atom. The second-order valence-electron chi connectivity index (χ2n) is 5.97. The first kappa shape index (κ1) is 17.5. The standard InChI is InChI=1S/C20H13ClN2O3S/c21-14-4-1-5-15(10-14)27(25,26)16-6-7-19-17(11-16)18(20(24)23-19)9-13-3-2-8-22-12-13/h1-12H,(H,23,24)/b18-9-. The van der Waals surface area contributed by atoms with Crippen molar-refractivity contribution < 1.29 is 13.2 Å². The van der Waals surface area contributed by atoms with E-state index in [1.165, 1.54) is 24.3 Å². The van der Waals surface area contributed by atoms with Crippen LogP contribution < -0.4 is 5.32 Å². The lowest BCUT2D eigenvalue weighted by Crippen LogP contribution is -2.03. The summed E-state index contributed by atoms with van der Waals surface area (Å²) in [7, 11) is -3.76. The zero-order valence-electron chi connectivity index (χ0n) is 13.9. The second-order valence-corrected chi connectivity index (χ2v) is 8.35. The summed E-state index contributed by atoms with van der Waals surface area (Å²) in [4.78, 5) is 16.6. The monoisotopic (exact) mass is 396 g/mol. The number of hydrogen-bond acceptors (Lipinski definition) is 4. The maximum atomic E-state index is 12.9. The second kappa shape index (κ2) is 6.64. The number of nitrogens with one attached hydrogen (secondary N) is 1. The van der Waals surface area contributed by atoms with E-state index >= 15 is 0 Å².